The normalized spacial score (nSPS) is 11.4. The molecule has 1 aromatic rings. The largest absolute Gasteiger partial charge is 0.370 e. The van der Waals surface area contributed by atoms with Gasteiger partial charge in [0.25, 0.3) is 0 Å². The Morgan fingerprint density at radius 1 is 1.18 bits per heavy atom. The summed E-state index contributed by atoms with van der Waals surface area (Å²) in [6, 6.07) is 0.918. The first-order valence-electron chi connectivity index (χ1n) is 4.09. The number of halogens is 4. The van der Waals surface area contributed by atoms with Crippen molar-refractivity contribution in [1.82, 2.24) is 0 Å². The maximum absolute atomic E-state index is 13.2. The average Bonchev–Trinajstić information content (AvgIpc) is 2.20. The maximum atomic E-state index is 13.2. The number of aliphatic imine (C=N–C) groups is 2. The number of benzene rings is 1. The van der Waals surface area contributed by atoms with Gasteiger partial charge in [0.05, 0.1) is 10.2 Å². The summed E-state index contributed by atoms with van der Waals surface area (Å²) in [5, 5.41) is 0. The Balaban J connectivity index is 3.34. The van der Waals surface area contributed by atoms with Crippen LogP contribution in [-0.2, 0) is 0 Å². The lowest BCUT2D eigenvalue weighted by Gasteiger charge is -2.04. The van der Waals surface area contributed by atoms with Crippen molar-refractivity contribution in [2.24, 2.45) is 27.2 Å². The van der Waals surface area contributed by atoms with Gasteiger partial charge >= 0.3 is 0 Å². The summed E-state index contributed by atoms with van der Waals surface area (Å²) in [6.07, 6.45) is 0. The maximum Gasteiger partial charge on any atom is 0.223 e. The molecule has 0 heterocycles. The van der Waals surface area contributed by atoms with Crippen LogP contribution in [0, 0.1) is 11.6 Å². The summed E-state index contributed by atoms with van der Waals surface area (Å²) in [7, 11) is 0. The molecule has 0 atom stereocenters. The van der Waals surface area contributed by atoms with E-state index >= 15 is 0 Å². The first kappa shape index (κ1) is 13.8. The van der Waals surface area contributed by atoms with Gasteiger partial charge in [-0.2, -0.15) is 4.99 Å². The molecule has 1 rings (SSSR count). The Morgan fingerprint density at radius 2 is 1.76 bits per heavy atom. The van der Waals surface area contributed by atoms with E-state index in [-0.39, 0.29) is 26.6 Å². The van der Waals surface area contributed by atoms with Crippen LogP contribution in [0.2, 0.25) is 0 Å². The van der Waals surface area contributed by atoms with Gasteiger partial charge in [0.1, 0.15) is 0 Å². The summed E-state index contributed by atoms with van der Waals surface area (Å²) in [5.74, 6) is -2.67. The second-order valence-electron chi connectivity index (χ2n) is 2.82. The third kappa shape index (κ3) is 3.37. The smallest absolute Gasteiger partial charge is 0.223 e. The molecule has 0 fully saturated rings. The van der Waals surface area contributed by atoms with E-state index in [0.717, 1.165) is 6.07 Å². The Morgan fingerprint density at radius 3 is 2.29 bits per heavy atom. The number of nitrogens with zero attached hydrogens (tertiary/aromatic N) is 2. The molecule has 0 saturated carbocycles. The first-order chi connectivity index (χ1) is 7.82. The highest BCUT2D eigenvalue weighted by Gasteiger charge is 2.15. The minimum atomic E-state index is -1.08. The van der Waals surface area contributed by atoms with E-state index in [1.807, 2.05) is 0 Å². The Labute approximate surface area is 112 Å². The molecule has 0 aliphatic heterocycles. The standard InChI is InChI=1S/C8H7Br2F2N5/c9-2-1-3(11)5(12)4(10)6(2)16-8(15)17-7(13)14/h1H,(H6,13,14,15,16,17). The van der Waals surface area contributed by atoms with Gasteiger partial charge in [-0.25, -0.2) is 13.8 Å². The van der Waals surface area contributed by atoms with Crippen molar-refractivity contribution in [3.8, 4) is 0 Å². The second kappa shape index (κ2) is 5.41. The van der Waals surface area contributed by atoms with Crippen molar-refractivity contribution in [2.45, 2.75) is 0 Å². The fourth-order valence-electron chi connectivity index (χ4n) is 0.931. The zero-order valence-electron chi connectivity index (χ0n) is 8.22. The van der Waals surface area contributed by atoms with Crippen molar-refractivity contribution in [3.63, 3.8) is 0 Å². The minimum Gasteiger partial charge on any atom is -0.370 e. The number of hydrogen-bond donors (Lipinski definition) is 3. The summed E-state index contributed by atoms with van der Waals surface area (Å²) >= 11 is 5.87. The van der Waals surface area contributed by atoms with Gasteiger partial charge in [-0.1, -0.05) is 0 Å². The number of guanidine groups is 2. The third-order valence-corrected chi connectivity index (χ3v) is 2.89. The zero-order valence-corrected chi connectivity index (χ0v) is 11.4. The van der Waals surface area contributed by atoms with Crippen LogP contribution < -0.4 is 17.2 Å². The molecule has 0 bridgehead atoms. The van der Waals surface area contributed by atoms with Crippen LogP contribution in [0.15, 0.2) is 25.0 Å². The Hall–Kier alpha value is -1.22. The van der Waals surface area contributed by atoms with E-state index < -0.39 is 11.6 Å². The Kier molecular flexibility index (Phi) is 4.40. The fraction of sp³-hybridized carbons (Fsp3) is 0. The predicted octanol–water partition coefficient (Wildman–Crippen LogP) is 1.71. The molecular weight excluding hydrogens is 364 g/mol. The lowest BCUT2D eigenvalue weighted by atomic mass is 10.3. The van der Waals surface area contributed by atoms with E-state index in [4.69, 9.17) is 17.2 Å². The lowest BCUT2D eigenvalue weighted by Crippen LogP contribution is -2.26. The van der Waals surface area contributed by atoms with Gasteiger partial charge in [-0.15, -0.1) is 0 Å². The van der Waals surface area contributed by atoms with Crippen LogP contribution in [0.4, 0.5) is 14.5 Å². The highest BCUT2D eigenvalue weighted by Crippen LogP contribution is 2.36. The van der Waals surface area contributed by atoms with Crippen molar-refractivity contribution in [1.29, 1.82) is 0 Å². The highest BCUT2D eigenvalue weighted by molar-refractivity contribution is 9.11. The third-order valence-electron chi connectivity index (χ3n) is 1.56. The van der Waals surface area contributed by atoms with Gasteiger partial charge in [-0.3, -0.25) is 0 Å². The molecule has 0 aromatic heterocycles. The van der Waals surface area contributed by atoms with Gasteiger partial charge < -0.3 is 17.2 Å². The monoisotopic (exact) mass is 369 g/mol. The predicted molar refractivity (Wildman–Crippen MR) is 68.9 cm³/mol. The number of rotatable bonds is 1. The molecular formula is C8H7Br2F2N5. The van der Waals surface area contributed by atoms with Crippen LogP contribution in [0.5, 0.6) is 0 Å². The zero-order chi connectivity index (χ0) is 13.2. The molecule has 0 unspecified atom stereocenters. The van der Waals surface area contributed by atoms with Crippen LogP contribution in [0.25, 0.3) is 0 Å². The van der Waals surface area contributed by atoms with Crippen LogP contribution >= 0.6 is 31.9 Å². The van der Waals surface area contributed by atoms with E-state index in [0.29, 0.717) is 0 Å². The quantitative estimate of drug-likeness (QED) is 0.303. The van der Waals surface area contributed by atoms with E-state index in [2.05, 4.69) is 41.8 Å². The SMILES string of the molecule is NC(N)=NC(N)=Nc1c(Br)cc(F)c(F)c1Br. The first-order valence-corrected chi connectivity index (χ1v) is 5.68. The van der Waals surface area contributed by atoms with Crippen molar-refractivity contribution in [2.75, 3.05) is 0 Å². The van der Waals surface area contributed by atoms with Crippen LogP contribution in [0.1, 0.15) is 0 Å². The van der Waals surface area contributed by atoms with Gasteiger partial charge in [0.15, 0.2) is 17.6 Å². The van der Waals surface area contributed by atoms with Gasteiger partial charge in [-0.05, 0) is 37.9 Å². The molecule has 1 aromatic carbocycles. The summed E-state index contributed by atoms with van der Waals surface area (Å²) in [4.78, 5) is 7.20. The highest BCUT2D eigenvalue weighted by atomic mass is 79.9. The summed E-state index contributed by atoms with van der Waals surface area (Å²) in [5.41, 5.74) is 15.6. The van der Waals surface area contributed by atoms with Crippen LogP contribution in [0.3, 0.4) is 0 Å². The van der Waals surface area contributed by atoms with Gasteiger partial charge in [0, 0.05) is 4.47 Å². The molecule has 0 aliphatic carbocycles. The topological polar surface area (TPSA) is 103 Å². The fourth-order valence-corrected chi connectivity index (χ4v) is 2.18. The molecule has 0 aliphatic rings. The van der Waals surface area contributed by atoms with E-state index in [1.165, 1.54) is 0 Å². The van der Waals surface area contributed by atoms with Crippen LogP contribution in [-0.4, -0.2) is 11.9 Å². The molecule has 17 heavy (non-hydrogen) atoms. The average molecular weight is 371 g/mol. The molecule has 92 valence electrons. The van der Waals surface area contributed by atoms with Crippen molar-refractivity contribution < 1.29 is 8.78 Å². The van der Waals surface area contributed by atoms with E-state index in [9.17, 15) is 8.78 Å². The molecule has 0 amide bonds. The summed E-state index contributed by atoms with van der Waals surface area (Å²) < 4.78 is 26.3. The van der Waals surface area contributed by atoms with E-state index in [1.54, 1.807) is 0 Å². The summed E-state index contributed by atoms with van der Waals surface area (Å²) in [6.45, 7) is 0. The molecule has 9 heteroatoms. The molecule has 0 spiro atoms. The molecule has 0 radical (unpaired) electrons. The minimum absolute atomic E-state index is 0.0476. The lowest BCUT2D eigenvalue weighted by molar-refractivity contribution is 0.504. The van der Waals surface area contributed by atoms with Crippen molar-refractivity contribution in [3.05, 3.63) is 26.6 Å². The van der Waals surface area contributed by atoms with Gasteiger partial charge in [0.2, 0.25) is 5.96 Å². The number of hydrogen-bond acceptors (Lipinski definition) is 1. The molecule has 0 saturated heterocycles. The number of nitrogens with two attached hydrogens (primary N) is 3. The molecule has 6 N–H and O–H groups in total. The molecule has 5 nitrogen and oxygen atoms in total. The Bertz CT molecular complexity index is 511. The second-order valence-corrected chi connectivity index (χ2v) is 4.47. The van der Waals surface area contributed by atoms with Crippen molar-refractivity contribution >= 4 is 49.5 Å².